The van der Waals surface area contributed by atoms with E-state index in [-0.39, 0.29) is 23.9 Å². The van der Waals surface area contributed by atoms with Crippen LogP contribution in [-0.2, 0) is 6.54 Å². The topological polar surface area (TPSA) is 77.1 Å². The van der Waals surface area contributed by atoms with Crippen LogP contribution in [0.5, 0.6) is 0 Å². The molecule has 1 atom stereocenters. The van der Waals surface area contributed by atoms with Gasteiger partial charge in [-0.2, -0.15) is 0 Å². The molecule has 1 amide bonds. The summed E-state index contributed by atoms with van der Waals surface area (Å²) in [6, 6.07) is 10.3. The maximum absolute atomic E-state index is 12.7. The molecule has 2 aromatic rings. The van der Waals surface area contributed by atoms with Crippen LogP contribution in [0.15, 0.2) is 47.4 Å². The van der Waals surface area contributed by atoms with Crippen molar-refractivity contribution in [2.75, 3.05) is 6.54 Å². The molecule has 0 radical (unpaired) electrons. The van der Waals surface area contributed by atoms with Crippen LogP contribution in [0.25, 0.3) is 0 Å². The molecule has 0 spiro atoms. The van der Waals surface area contributed by atoms with Gasteiger partial charge in [-0.15, -0.1) is 12.4 Å². The zero-order valence-electron chi connectivity index (χ0n) is 15.9. The van der Waals surface area contributed by atoms with Gasteiger partial charge in [0.25, 0.3) is 11.5 Å². The van der Waals surface area contributed by atoms with Gasteiger partial charge in [0.1, 0.15) is 0 Å². The molecule has 5 nitrogen and oxygen atoms in total. The van der Waals surface area contributed by atoms with Gasteiger partial charge in [-0.25, -0.2) is 0 Å². The lowest BCUT2D eigenvalue weighted by molar-refractivity contribution is 0.0897. The summed E-state index contributed by atoms with van der Waals surface area (Å²) < 4.78 is 1.48. The number of nitrogens with two attached hydrogens (primary N) is 1. The second-order valence-corrected chi connectivity index (χ2v) is 7.70. The highest BCUT2D eigenvalue weighted by Crippen LogP contribution is 2.17. The van der Waals surface area contributed by atoms with Crippen molar-refractivity contribution in [3.05, 3.63) is 69.1 Å². The SMILES string of the molecule is CC(C)CC(C)(CN)NC(=O)c1ccc(=O)n(Cc2ccccc2Cl)c1.Cl. The molecule has 1 aromatic carbocycles. The molecule has 148 valence electrons. The van der Waals surface area contributed by atoms with Gasteiger partial charge in [0, 0.05) is 29.4 Å². The Kier molecular flexibility index (Phi) is 8.54. The molecule has 0 saturated carbocycles. The Morgan fingerprint density at radius 3 is 2.52 bits per heavy atom. The van der Waals surface area contributed by atoms with Crippen molar-refractivity contribution < 1.29 is 4.79 Å². The first-order chi connectivity index (χ1) is 12.2. The van der Waals surface area contributed by atoms with Crippen molar-refractivity contribution in [2.24, 2.45) is 11.7 Å². The van der Waals surface area contributed by atoms with E-state index in [0.717, 1.165) is 12.0 Å². The minimum atomic E-state index is -0.491. The van der Waals surface area contributed by atoms with Crippen LogP contribution in [0.2, 0.25) is 5.02 Å². The lowest BCUT2D eigenvalue weighted by Gasteiger charge is -2.31. The van der Waals surface area contributed by atoms with E-state index in [1.54, 1.807) is 12.3 Å². The predicted molar refractivity (Wildman–Crippen MR) is 113 cm³/mol. The standard InChI is InChI=1S/C20H26ClN3O2.ClH/c1-14(2)10-20(3,13-22)23-19(26)16-8-9-18(25)24(12-16)11-15-6-4-5-7-17(15)21;/h4-9,12,14H,10-11,13,22H2,1-3H3,(H,23,26);1H. The highest BCUT2D eigenvalue weighted by atomic mass is 35.5. The number of hydrogen-bond donors (Lipinski definition) is 2. The number of benzene rings is 1. The first kappa shape index (κ1) is 23.2. The van der Waals surface area contributed by atoms with Crippen LogP contribution >= 0.6 is 24.0 Å². The summed E-state index contributed by atoms with van der Waals surface area (Å²) in [5.41, 5.74) is 6.43. The summed E-state index contributed by atoms with van der Waals surface area (Å²) in [6.07, 6.45) is 2.34. The van der Waals surface area contributed by atoms with Crippen LogP contribution in [-0.4, -0.2) is 22.6 Å². The summed E-state index contributed by atoms with van der Waals surface area (Å²) in [5, 5.41) is 3.59. The Morgan fingerprint density at radius 1 is 1.26 bits per heavy atom. The van der Waals surface area contributed by atoms with E-state index in [0.29, 0.717) is 29.6 Å². The molecule has 0 fully saturated rings. The second-order valence-electron chi connectivity index (χ2n) is 7.29. The molecule has 0 bridgehead atoms. The third-order valence-electron chi connectivity index (χ3n) is 4.27. The largest absolute Gasteiger partial charge is 0.346 e. The zero-order valence-corrected chi connectivity index (χ0v) is 17.4. The third-order valence-corrected chi connectivity index (χ3v) is 4.64. The van der Waals surface area contributed by atoms with E-state index in [1.807, 2.05) is 25.1 Å². The van der Waals surface area contributed by atoms with E-state index >= 15 is 0 Å². The van der Waals surface area contributed by atoms with Crippen molar-refractivity contribution in [3.63, 3.8) is 0 Å². The Hall–Kier alpha value is -1.82. The lowest BCUT2D eigenvalue weighted by atomic mass is 9.90. The molecule has 0 aliphatic rings. The van der Waals surface area contributed by atoms with Crippen molar-refractivity contribution in [2.45, 2.75) is 39.3 Å². The van der Waals surface area contributed by atoms with Crippen molar-refractivity contribution in [1.82, 2.24) is 9.88 Å². The number of rotatable bonds is 7. The van der Waals surface area contributed by atoms with Gasteiger partial charge in [-0.3, -0.25) is 9.59 Å². The van der Waals surface area contributed by atoms with Gasteiger partial charge in [-0.05, 0) is 37.0 Å². The average molecular weight is 412 g/mol. The Bertz CT molecular complexity index is 836. The molecular weight excluding hydrogens is 385 g/mol. The molecule has 3 N–H and O–H groups in total. The molecule has 1 unspecified atom stereocenters. The number of aromatic nitrogens is 1. The number of nitrogens with zero attached hydrogens (tertiary/aromatic N) is 1. The van der Waals surface area contributed by atoms with Crippen LogP contribution in [0.1, 0.15) is 43.1 Å². The number of pyridine rings is 1. The van der Waals surface area contributed by atoms with E-state index < -0.39 is 5.54 Å². The van der Waals surface area contributed by atoms with Crippen LogP contribution in [0.3, 0.4) is 0 Å². The average Bonchev–Trinajstić information content (AvgIpc) is 2.58. The molecular formula is C20H27Cl2N3O2. The van der Waals surface area contributed by atoms with Crippen LogP contribution in [0, 0.1) is 5.92 Å². The summed E-state index contributed by atoms with van der Waals surface area (Å²) >= 11 is 6.17. The van der Waals surface area contributed by atoms with Gasteiger partial charge >= 0.3 is 0 Å². The smallest absolute Gasteiger partial charge is 0.253 e. The molecule has 0 aliphatic carbocycles. The fourth-order valence-electron chi connectivity index (χ4n) is 3.03. The second kappa shape index (κ2) is 9.93. The van der Waals surface area contributed by atoms with Gasteiger partial charge in [0.2, 0.25) is 0 Å². The maximum atomic E-state index is 12.7. The van der Waals surface area contributed by atoms with Crippen molar-refractivity contribution in [3.8, 4) is 0 Å². The number of nitrogens with one attached hydrogen (secondary N) is 1. The molecule has 1 aromatic heterocycles. The normalized spacial score (nSPS) is 13.0. The summed E-state index contributed by atoms with van der Waals surface area (Å²) in [5.74, 6) is 0.157. The molecule has 0 aliphatic heterocycles. The van der Waals surface area contributed by atoms with Crippen molar-refractivity contribution in [1.29, 1.82) is 0 Å². The highest BCUT2D eigenvalue weighted by molar-refractivity contribution is 6.31. The predicted octanol–water partition coefficient (Wildman–Crippen LogP) is 3.47. The molecule has 27 heavy (non-hydrogen) atoms. The number of carbonyl (C=O) groups is 1. The van der Waals surface area contributed by atoms with E-state index in [9.17, 15) is 9.59 Å². The van der Waals surface area contributed by atoms with Gasteiger partial charge < -0.3 is 15.6 Å². The lowest BCUT2D eigenvalue weighted by Crippen LogP contribution is -2.52. The monoisotopic (exact) mass is 411 g/mol. The molecule has 0 saturated heterocycles. The van der Waals surface area contributed by atoms with Gasteiger partial charge in [0.05, 0.1) is 12.1 Å². The van der Waals surface area contributed by atoms with E-state index in [4.69, 9.17) is 17.3 Å². The first-order valence-corrected chi connectivity index (χ1v) is 9.08. The Labute approximate surface area is 171 Å². The Morgan fingerprint density at radius 2 is 1.93 bits per heavy atom. The fourth-order valence-corrected chi connectivity index (χ4v) is 3.23. The van der Waals surface area contributed by atoms with Crippen molar-refractivity contribution >= 4 is 29.9 Å². The Balaban J connectivity index is 0.00000364. The quantitative estimate of drug-likeness (QED) is 0.731. The fraction of sp³-hybridized carbons (Fsp3) is 0.400. The number of halogens is 2. The van der Waals surface area contributed by atoms with Gasteiger partial charge in [-0.1, -0.05) is 43.6 Å². The van der Waals surface area contributed by atoms with Crippen LogP contribution < -0.4 is 16.6 Å². The summed E-state index contributed by atoms with van der Waals surface area (Å²) in [4.78, 5) is 24.8. The van der Waals surface area contributed by atoms with E-state index in [2.05, 4.69) is 19.2 Å². The number of amides is 1. The highest BCUT2D eigenvalue weighted by Gasteiger charge is 2.26. The first-order valence-electron chi connectivity index (χ1n) is 8.70. The minimum Gasteiger partial charge on any atom is -0.346 e. The zero-order chi connectivity index (χ0) is 19.3. The van der Waals surface area contributed by atoms with E-state index in [1.165, 1.54) is 16.7 Å². The minimum absolute atomic E-state index is 0. The number of carbonyl (C=O) groups excluding carboxylic acids is 1. The third kappa shape index (κ3) is 6.38. The maximum Gasteiger partial charge on any atom is 0.253 e. The van der Waals surface area contributed by atoms with Crippen LogP contribution in [0.4, 0.5) is 0 Å². The summed E-state index contributed by atoms with van der Waals surface area (Å²) in [7, 11) is 0. The summed E-state index contributed by atoms with van der Waals surface area (Å²) in [6.45, 7) is 6.76. The number of hydrogen-bond acceptors (Lipinski definition) is 3. The molecule has 7 heteroatoms. The molecule has 2 rings (SSSR count). The van der Waals surface area contributed by atoms with Gasteiger partial charge in [0.15, 0.2) is 0 Å². The molecule has 1 heterocycles.